The highest BCUT2D eigenvalue weighted by molar-refractivity contribution is 7.89. The van der Waals surface area contributed by atoms with E-state index >= 15 is 0 Å². The van der Waals surface area contributed by atoms with Crippen molar-refractivity contribution in [2.24, 2.45) is 0 Å². The summed E-state index contributed by atoms with van der Waals surface area (Å²) in [6, 6.07) is 16.2. The van der Waals surface area contributed by atoms with E-state index in [-0.39, 0.29) is 4.90 Å². The number of nitrogens with zero attached hydrogens (tertiary/aromatic N) is 1. The van der Waals surface area contributed by atoms with Crippen molar-refractivity contribution in [3.05, 3.63) is 66.2 Å². The lowest BCUT2D eigenvalue weighted by molar-refractivity contribution is 0.0763. The maximum atomic E-state index is 12.9. The van der Waals surface area contributed by atoms with Gasteiger partial charge in [-0.05, 0) is 45.0 Å². The van der Waals surface area contributed by atoms with Crippen LogP contribution in [0.2, 0.25) is 0 Å². The van der Waals surface area contributed by atoms with Crippen molar-refractivity contribution < 1.29 is 13.2 Å². The van der Waals surface area contributed by atoms with Crippen molar-refractivity contribution in [1.82, 2.24) is 9.84 Å². The Morgan fingerprint density at radius 1 is 0.913 bits per heavy atom. The van der Waals surface area contributed by atoms with Gasteiger partial charge in [0.2, 0.25) is 0 Å². The molecule has 0 saturated heterocycles. The van der Waals surface area contributed by atoms with Gasteiger partial charge in [-0.2, -0.15) is 12.8 Å². The number of rotatable bonds is 4. The topological polar surface area (TPSA) is 66.5 Å². The Hall–Kier alpha value is -2.18. The summed E-state index contributed by atoms with van der Waals surface area (Å²) in [5.74, 6) is -0.621. The predicted octanol–water partition coefficient (Wildman–Crippen LogP) is 2.82. The van der Waals surface area contributed by atoms with Crippen LogP contribution in [-0.2, 0) is 10.0 Å². The molecule has 0 radical (unpaired) electrons. The first kappa shape index (κ1) is 17.2. The molecule has 0 fully saturated rings. The third-order valence-corrected chi connectivity index (χ3v) is 4.53. The van der Waals surface area contributed by atoms with Crippen molar-refractivity contribution in [2.75, 3.05) is 0 Å². The second-order valence-electron chi connectivity index (χ2n) is 6.12. The molecule has 0 heterocycles. The number of carbonyl (C=O) groups is 1. The Balaban J connectivity index is 2.49. The highest BCUT2D eigenvalue weighted by Crippen LogP contribution is 2.18. The molecule has 1 N–H and O–H groups in total. The summed E-state index contributed by atoms with van der Waals surface area (Å²) in [5, 5.41) is 0. The van der Waals surface area contributed by atoms with Crippen molar-refractivity contribution >= 4 is 15.9 Å². The zero-order valence-corrected chi connectivity index (χ0v) is 14.2. The number of amides is 1. The molecule has 0 spiro atoms. The lowest BCUT2D eigenvalue weighted by atomic mass is 10.1. The summed E-state index contributed by atoms with van der Waals surface area (Å²) in [6.07, 6.45) is 0. The molecular formula is C17H20N2O3S. The Kier molecular flexibility index (Phi) is 4.87. The Bertz CT molecular complexity index is 766. The normalized spacial score (nSPS) is 12.0. The second kappa shape index (κ2) is 6.52. The minimum atomic E-state index is -4.01. The third-order valence-electron chi connectivity index (χ3n) is 2.92. The van der Waals surface area contributed by atoms with Crippen LogP contribution < -0.4 is 5.43 Å². The first-order valence-electron chi connectivity index (χ1n) is 7.19. The van der Waals surface area contributed by atoms with E-state index in [1.165, 1.54) is 12.1 Å². The fraction of sp³-hybridized carbons (Fsp3) is 0.235. The van der Waals surface area contributed by atoms with E-state index in [1.807, 2.05) is 0 Å². The minimum absolute atomic E-state index is 0.0565. The molecule has 2 aromatic rings. The van der Waals surface area contributed by atoms with E-state index in [9.17, 15) is 13.2 Å². The Morgan fingerprint density at radius 3 is 1.87 bits per heavy atom. The third kappa shape index (κ3) is 4.18. The molecule has 1 amide bonds. The van der Waals surface area contributed by atoms with Crippen molar-refractivity contribution in [1.29, 1.82) is 0 Å². The van der Waals surface area contributed by atoms with Gasteiger partial charge in [-0.15, -0.1) is 0 Å². The van der Waals surface area contributed by atoms with E-state index in [2.05, 4.69) is 5.43 Å². The number of hydrogen-bond donors (Lipinski definition) is 1. The van der Waals surface area contributed by atoms with Crippen molar-refractivity contribution in [3.8, 4) is 0 Å². The zero-order chi connectivity index (χ0) is 17.1. The van der Waals surface area contributed by atoms with Crippen LogP contribution in [0.15, 0.2) is 65.6 Å². The fourth-order valence-corrected chi connectivity index (χ4v) is 3.35. The summed E-state index contributed by atoms with van der Waals surface area (Å²) in [7, 11) is -4.01. The van der Waals surface area contributed by atoms with Gasteiger partial charge in [-0.1, -0.05) is 36.4 Å². The van der Waals surface area contributed by atoms with Crippen molar-refractivity contribution in [3.63, 3.8) is 0 Å². The summed E-state index contributed by atoms with van der Waals surface area (Å²) in [4.78, 5) is 12.8. The average Bonchev–Trinajstić information content (AvgIpc) is 2.53. The largest absolute Gasteiger partial charge is 0.282 e. The van der Waals surface area contributed by atoms with Gasteiger partial charge in [0.05, 0.1) is 4.90 Å². The van der Waals surface area contributed by atoms with Gasteiger partial charge in [0.15, 0.2) is 0 Å². The van der Waals surface area contributed by atoms with Gasteiger partial charge in [-0.3, -0.25) is 4.79 Å². The van der Waals surface area contributed by atoms with Crippen LogP contribution in [-0.4, -0.2) is 24.3 Å². The molecule has 0 unspecified atom stereocenters. The number of nitrogens with one attached hydrogen (secondary N) is 1. The van der Waals surface area contributed by atoms with Crippen LogP contribution in [0.4, 0.5) is 0 Å². The van der Waals surface area contributed by atoms with Gasteiger partial charge < -0.3 is 0 Å². The first-order chi connectivity index (χ1) is 10.7. The highest BCUT2D eigenvalue weighted by atomic mass is 32.2. The molecule has 0 aliphatic rings. The molecule has 0 saturated carbocycles. The summed E-state index contributed by atoms with van der Waals surface area (Å²) in [5.41, 5.74) is 2.48. The maximum Gasteiger partial charge on any atom is 0.282 e. The highest BCUT2D eigenvalue weighted by Gasteiger charge is 2.33. The van der Waals surface area contributed by atoms with Crippen LogP contribution in [0, 0.1) is 0 Å². The van der Waals surface area contributed by atoms with Gasteiger partial charge in [-0.25, -0.2) is 5.43 Å². The molecule has 6 heteroatoms. The summed E-state index contributed by atoms with van der Waals surface area (Å²) < 4.78 is 26.5. The first-order valence-corrected chi connectivity index (χ1v) is 8.63. The van der Waals surface area contributed by atoms with Gasteiger partial charge >= 0.3 is 0 Å². The molecule has 0 atom stereocenters. The number of sulfonamides is 1. The number of carbonyl (C=O) groups excluding carboxylic acids is 1. The van der Waals surface area contributed by atoms with Crippen molar-refractivity contribution in [2.45, 2.75) is 31.2 Å². The van der Waals surface area contributed by atoms with E-state index in [4.69, 9.17) is 0 Å². The van der Waals surface area contributed by atoms with Gasteiger partial charge in [0, 0.05) is 11.1 Å². The fourth-order valence-electron chi connectivity index (χ4n) is 1.92. The number of hydrazine groups is 1. The molecular weight excluding hydrogens is 312 g/mol. The summed E-state index contributed by atoms with van der Waals surface area (Å²) in [6.45, 7) is 5.37. The van der Waals surface area contributed by atoms with Crippen LogP contribution in [0.3, 0.4) is 0 Å². The minimum Gasteiger partial charge on any atom is -0.266 e. The lowest BCUT2D eigenvalue weighted by Gasteiger charge is -2.30. The average molecular weight is 332 g/mol. The van der Waals surface area contributed by atoms with Crippen LogP contribution in [0.25, 0.3) is 0 Å². The molecule has 2 rings (SSSR count). The molecule has 0 aliphatic heterocycles. The number of benzene rings is 2. The van der Waals surface area contributed by atoms with E-state index in [0.717, 1.165) is 4.41 Å². The quantitative estimate of drug-likeness (QED) is 0.874. The van der Waals surface area contributed by atoms with E-state index in [1.54, 1.807) is 69.3 Å². The number of hydrogen-bond acceptors (Lipinski definition) is 4. The SMILES string of the molecule is CC(C)(C)NN(C(=O)c1ccccc1)S(=O)(=O)c1ccccc1. The Labute approximate surface area is 137 Å². The molecule has 122 valence electrons. The second-order valence-corrected chi connectivity index (χ2v) is 7.90. The molecule has 0 bridgehead atoms. The summed E-state index contributed by atoms with van der Waals surface area (Å²) >= 11 is 0. The van der Waals surface area contributed by atoms with E-state index < -0.39 is 21.5 Å². The molecule has 2 aromatic carbocycles. The predicted molar refractivity (Wildman–Crippen MR) is 89.1 cm³/mol. The Morgan fingerprint density at radius 2 is 1.39 bits per heavy atom. The monoisotopic (exact) mass is 332 g/mol. The van der Waals surface area contributed by atoms with Gasteiger partial charge in [0.25, 0.3) is 15.9 Å². The molecule has 23 heavy (non-hydrogen) atoms. The lowest BCUT2D eigenvalue weighted by Crippen LogP contribution is -2.54. The maximum absolute atomic E-state index is 12.9. The zero-order valence-electron chi connectivity index (χ0n) is 13.4. The van der Waals surface area contributed by atoms with Crippen LogP contribution in [0.1, 0.15) is 31.1 Å². The molecule has 0 aromatic heterocycles. The standard InChI is InChI=1S/C17H20N2O3S/c1-17(2,3)18-19(16(20)14-10-6-4-7-11-14)23(21,22)15-12-8-5-9-13-15/h4-13,18H,1-3H3. The van der Waals surface area contributed by atoms with E-state index in [0.29, 0.717) is 5.56 Å². The molecule has 0 aliphatic carbocycles. The van der Waals surface area contributed by atoms with Crippen LogP contribution in [0.5, 0.6) is 0 Å². The smallest absolute Gasteiger partial charge is 0.266 e. The van der Waals surface area contributed by atoms with Gasteiger partial charge in [0.1, 0.15) is 0 Å². The molecule has 5 nitrogen and oxygen atoms in total. The van der Waals surface area contributed by atoms with Crippen LogP contribution >= 0.6 is 0 Å².